The lowest BCUT2D eigenvalue weighted by Crippen LogP contribution is -2.23. The lowest BCUT2D eigenvalue weighted by atomic mass is 9.82. The Labute approximate surface area is 110 Å². The van der Waals surface area contributed by atoms with Crippen molar-refractivity contribution in [1.29, 1.82) is 10.5 Å². The molecule has 5 heteroatoms. The number of allylic oxidation sites excluding steroid dienone is 4. The number of rotatable bonds is 1. The van der Waals surface area contributed by atoms with E-state index in [1.54, 1.807) is 19.9 Å². The van der Waals surface area contributed by atoms with Crippen LogP contribution in [0.3, 0.4) is 0 Å². The molecule has 0 saturated heterocycles. The van der Waals surface area contributed by atoms with Crippen LogP contribution in [0, 0.1) is 28.6 Å². The van der Waals surface area contributed by atoms with Crippen LogP contribution in [0.5, 0.6) is 0 Å². The SMILES string of the molecule is CC1=C(C#N)C(c2ccnc(F)c2)C(C#N)=C(C)N1. The Balaban J connectivity index is 2.65. The highest BCUT2D eigenvalue weighted by molar-refractivity contribution is 5.54. The number of nitrogens with one attached hydrogen (secondary N) is 1. The summed E-state index contributed by atoms with van der Waals surface area (Å²) in [6.45, 7) is 3.53. The smallest absolute Gasteiger partial charge is 0.213 e. The van der Waals surface area contributed by atoms with E-state index in [1.165, 1.54) is 12.3 Å². The maximum absolute atomic E-state index is 13.3. The fraction of sp³-hybridized carbons (Fsp3) is 0.214. The van der Waals surface area contributed by atoms with E-state index in [4.69, 9.17) is 0 Å². The quantitative estimate of drug-likeness (QED) is 0.781. The summed E-state index contributed by atoms with van der Waals surface area (Å²) in [6.07, 6.45) is 1.33. The van der Waals surface area contributed by atoms with Crippen LogP contribution in [0.15, 0.2) is 40.9 Å². The highest BCUT2D eigenvalue weighted by atomic mass is 19.1. The minimum absolute atomic E-state index is 0.424. The molecule has 0 saturated carbocycles. The average Bonchev–Trinajstić information content (AvgIpc) is 2.38. The van der Waals surface area contributed by atoms with Crippen molar-refractivity contribution in [2.45, 2.75) is 19.8 Å². The molecule has 4 nitrogen and oxygen atoms in total. The van der Waals surface area contributed by atoms with Gasteiger partial charge in [0, 0.05) is 17.6 Å². The van der Waals surface area contributed by atoms with E-state index in [9.17, 15) is 14.9 Å². The summed E-state index contributed by atoms with van der Waals surface area (Å²) in [5.74, 6) is -1.16. The number of dihydropyridines is 1. The summed E-state index contributed by atoms with van der Waals surface area (Å²) in [4.78, 5) is 3.49. The molecule has 1 aromatic heterocycles. The Morgan fingerprint density at radius 2 is 1.79 bits per heavy atom. The van der Waals surface area contributed by atoms with E-state index in [-0.39, 0.29) is 0 Å². The average molecular weight is 254 g/mol. The summed E-state index contributed by atoms with van der Waals surface area (Å²) in [7, 11) is 0. The molecule has 1 aromatic rings. The Morgan fingerprint density at radius 3 is 2.26 bits per heavy atom. The van der Waals surface area contributed by atoms with Crippen molar-refractivity contribution < 1.29 is 4.39 Å². The van der Waals surface area contributed by atoms with Crippen LogP contribution in [0.1, 0.15) is 25.3 Å². The lowest BCUT2D eigenvalue weighted by Gasteiger charge is -2.26. The van der Waals surface area contributed by atoms with Gasteiger partial charge in [-0.05, 0) is 31.5 Å². The van der Waals surface area contributed by atoms with Crippen molar-refractivity contribution in [3.63, 3.8) is 0 Å². The molecule has 1 aliphatic heterocycles. The zero-order chi connectivity index (χ0) is 14.0. The van der Waals surface area contributed by atoms with E-state index in [0.29, 0.717) is 28.1 Å². The van der Waals surface area contributed by atoms with Gasteiger partial charge < -0.3 is 5.32 Å². The number of nitriles is 2. The molecular weight excluding hydrogens is 243 g/mol. The molecule has 2 heterocycles. The third-order valence-corrected chi connectivity index (χ3v) is 3.09. The van der Waals surface area contributed by atoms with Gasteiger partial charge in [-0.3, -0.25) is 0 Å². The molecule has 0 amide bonds. The number of halogens is 1. The van der Waals surface area contributed by atoms with E-state index in [2.05, 4.69) is 22.4 Å². The lowest BCUT2D eigenvalue weighted by molar-refractivity contribution is 0.580. The Morgan fingerprint density at radius 1 is 1.21 bits per heavy atom. The van der Waals surface area contributed by atoms with Crippen LogP contribution in [-0.4, -0.2) is 4.98 Å². The fourth-order valence-corrected chi connectivity index (χ4v) is 2.22. The van der Waals surface area contributed by atoms with Gasteiger partial charge in [0.25, 0.3) is 0 Å². The van der Waals surface area contributed by atoms with Crippen LogP contribution in [-0.2, 0) is 0 Å². The van der Waals surface area contributed by atoms with Gasteiger partial charge in [0.15, 0.2) is 0 Å². The van der Waals surface area contributed by atoms with Crippen molar-refractivity contribution in [2.75, 3.05) is 0 Å². The predicted octanol–water partition coefficient (Wildman–Crippen LogP) is 2.50. The maximum Gasteiger partial charge on any atom is 0.213 e. The van der Waals surface area contributed by atoms with Gasteiger partial charge in [0.05, 0.1) is 29.2 Å². The Bertz CT molecular complexity index is 637. The van der Waals surface area contributed by atoms with Gasteiger partial charge in [0.1, 0.15) is 0 Å². The highest BCUT2D eigenvalue weighted by Gasteiger charge is 2.29. The molecule has 94 valence electrons. The summed E-state index contributed by atoms with van der Waals surface area (Å²) in [5, 5.41) is 21.5. The highest BCUT2D eigenvalue weighted by Crippen LogP contribution is 2.36. The normalized spacial score (nSPS) is 15.8. The molecule has 0 spiro atoms. The largest absolute Gasteiger partial charge is 0.361 e. The Kier molecular flexibility index (Phi) is 3.31. The standard InChI is InChI=1S/C14H11FN4/c1-8-11(6-16)14(12(7-17)9(2)19-8)10-3-4-18-13(15)5-10/h3-5,14,19H,1-2H3. The molecule has 0 atom stereocenters. The molecule has 1 N–H and O–H groups in total. The van der Waals surface area contributed by atoms with E-state index < -0.39 is 11.9 Å². The maximum atomic E-state index is 13.3. The van der Waals surface area contributed by atoms with Crippen molar-refractivity contribution in [1.82, 2.24) is 10.3 Å². The number of pyridine rings is 1. The zero-order valence-electron chi connectivity index (χ0n) is 10.5. The summed E-state index contributed by atoms with van der Waals surface area (Å²) in [6, 6.07) is 7.07. The van der Waals surface area contributed by atoms with Crippen molar-refractivity contribution in [3.05, 3.63) is 52.4 Å². The number of hydrogen-bond acceptors (Lipinski definition) is 4. The van der Waals surface area contributed by atoms with Crippen LogP contribution in [0.25, 0.3) is 0 Å². The van der Waals surface area contributed by atoms with Gasteiger partial charge in [-0.25, -0.2) is 4.98 Å². The molecule has 1 aliphatic rings. The molecule has 0 aliphatic carbocycles. The van der Waals surface area contributed by atoms with Crippen LogP contribution in [0.2, 0.25) is 0 Å². The second kappa shape index (κ2) is 4.91. The minimum atomic E-state index is -0.624. The van der Waals surface area contributed by atoms with Gasteiger partial charge >= 0.3 is 0 Å². The van der Waals surface area contributed by atoms with Gasteiger partial charge in [0.2, 0.25) is 5.95 Å². The molecule has 0 radical (unpaired) electrons. The summed E-state index contributed by atoms with van der Waals surface area (Å²) in [5.41, 5.74) is 2.77. The first-order valence-electron chi connectivity index (χ1n) is 5.68. The van der Waals surface area contributed by atoms with Gasteiger partial charge in [-0.2, -0.15) is 14.9 Å². The van der Waals surface area contributed by atoms with E-state index >= 15 is 0 Å². The third kappa shape index (κ3) is 2.19. The number of nitrogens with zero attached hydrogens (tertiary/aromatic N) is 3. The van der Waals surface area contributed by atoms with Crippen LogP contribution < -0.4 is 5.32 Å². The Hall–Kier alpha value is -2.66. The summed E-state index contributed by atoms with van der Waals surface area (Å²) >= 11 is 0. The first kappa shape index (κ1) is 12.8. The van der Waals surface area contributed by atoms with Gasteiger partial charge in [-0.1, -0.05) is 0 Å². The van der Waals surface area contributed by atoms with E-state index in [0.717, 1.165) is 0 Å². The first-order chi connectivity index (χ1) is 9.08. The molecule has 2 rings (SSSR count). The van der Waals surface area contributed by atoms with Gasteiger partial charge in [-0.15, -0.1) is 0 Å². The predicted molar refractivity (Wildman–Crippen MR) is 66.7 cm³/mol. The van der Waals surface area contributed by atoms with Crippen LogP contribution >= 0.6 is 0 Å². The first-order valence-corrected chi connectivity index (χ1v) is 5.68. The zero-order valence-corrected chi connectivity index (χ0v) is 10.5. The van der Waals surface area contributed by atoms with Crippen molar-refractivity contribution >= 4 is 0 Å². The molecule has 19 heavy (non-hydrogen) atoms. The molecule has 0 aromatic carbocycles. The topological polar surface area (TPSA) is 72.5 Å². The van der Waals surface area contributed by atoms with Crippen LogP contribution in [0.4, 0.5) is 4.39 Å². The van der Waals surface area contributed by atoms with E-state index in [1.807, 2.05) is 0 Å². The molecule has 0 fully saturated rings. The second-order valence-electron chi connectivity index (χ2n) is 4.27. The second-order valence-corrected chi connectivity index (χ2v) is 4.27. The molecular formula is C14H11FN4. The van der Waals surface area contributed by atoms with Crippen molar-refractivity contribution in [2.24, 2.45) is 0 Å². The number of hydrogen-bond donors (Lipinski definition) is 1. The minimum Gasteiger partial charge on any atom is -0.361 e. The third-order valence-electron chi connectivity index (χ3n) is 3.09. The fourth-order valence-electron chi connectivity index (χ4n) is 2.22. The summed E-state index contributed by atoms with van der Waals surface area (Å²) < 4.78 is 13.3. The molecule has 0 unspecified atom stereocenters. The number of aromatic nitrogens is 1. The molecule has 0 bridgehead atoms. The monoisotopic (exact) mass is 254 g/mol. The van der Waals surface area contributed by atoms with Crippen molar-refractivity contribution in [3.8, 4) is 12.1 Å².